The van der Waals surface area contributed by atoms with Gasteiger partial charge in [0.1, 0.15) is 17.6 Å². The number of hydrogen-bond acceptors (Lipinski definition) is 4. The molecule has 0 saturated heterocycles. The molecule has 0 spiro atoms. The number of aryl methyl sites for hydroxylation is 1. The zero-order valence-electron chi connectivity index (χ0n) is 13.9. The third-order valence-electron chi connectivity index (χ3n) is 4.20. The van der Waals surface area contributed by atoms with Gasteiger partial charge in [-0.05, 0) is 30.3 Å². The summed E-state index contributed by atoms with van der Waals surface area (Å²) < 4.78 is 13.7. The van der Waals surface area contributed by atoms with E-state index < -0.39 is 6.10 Å². The average Bonchev–Trinajstić information content (AvgIpc) is 2.86. The predicted octanol–water partition coefficient (Wildman–Crippen LogP) is 2.09. The van der Waals surface area contributed by atoms with Gasteiger partial charge < -0.3 is 14.6 Å². The Morgan fingerprint density at radius 2 is 1.79 bits per heavy atom. The van der Waals surface area contributed by atoms with Crippen LogP contribution in [0.5, 0.6) is 11.5 Å². The lowest BCUT2D eigenvalue weighted by atomic mass is 10.1. The van der Waals surface area contributed by atoms with Crippen LogP contribution in [0.3, 0.4) is 0 Å². The van der Waals surface area contributed by atoms with Crippen molar-refractivity contribution in [2.24, 2.45) is 7.05 Å². The van der Waals surface area contributed by atoms with Gasteiger partial charge in [0.2, 0.25) is 0 Å². The molecule has 0 radical (unpaired) electrons. The monoisotopic (exact) mass is 328 g/mol. The van der Waals surface area contributed by atoms with Crippen molar-refractivity contribution in [3.05, 3.63) is 58.5 Å². The Morgan fingerprint density at radius 3 is 2.46 bits per heavy atom. The molecular formula is C18H20N2O4. The maximum Gasteiger partial charge on any atom is 0.328 e. The molecule has 0 fully saturated rings. The summed E-state index contributed by atoms with van der Waals surface area (Å²) in [5, 5.41) is 10.7. The number of fused-ring (bicyclic) bond motifs is 1. The van der Waals surface area contributed by atoms with Crippen LogP contribution in [0.25, 0.3) is 11.0 Å². The third kappa shape index (κ3) is 2.65. The molecule has 3 aromatic rings. The van der Waals surface area contributed by atoms with Crippen LogP contribution in [0.2, 0.25) is 0 Å². The van der Waals surface area contributed by atoms with Crippen molar-refractivity contribution < 1.29 is 14.6 Å². The van der Waals surface area contributed by atoms with Crippen LogP contribution in [0.15, 0.2) is 47.3 Å². The summed E-state index contributed by atoms with van der Waals surface area (Å²) in [6.07, 6.45) is -0.904. The Labute approximate surface area is 139 Å². The van der Waals surface area contributed by atoms with Crippen LogP contribution in [0.4, 0.5) is 0 Å². The smallest absolute Gasteiger partial charge is 0.328 e. The number of benzene rings is 2. The molecule has 0 amide bonds. The maximum absolute atomic E-state index is 12.5. The second kappa shape index (κ2) is 6.41. The van der Waals surface area contributed by atoms with Crippen LogP contribution in [0.1, 0.15) is 11.7 Å². The van der Waals surface area contributed by atoms with Crippen LogP contribution in [-0.2, 0) is 13.6 Å². The van der Waals surface area contributed by atoms with E-state index in [-0.39, 0.29) is 12.2 Å². The fraction of sp³-hybridized carbons (Fsp3) is 0.278. The standard InChI is InChI=1S/C18H20N2O4/c1-19-14-6-4-5-7-15(14)20(18(19)22)11-16(21)13-10-12(23-2)8-9-17(13)24-3/h4-10,16,21H,11H2,1-3H3/t16-/m0/s1. The molecule has 0 aliphatic carbocycles. The molecule has 0 saturated carbocycles. The average molecular weight is 328 g/mol. The number of aromatic nitrogens is 2. The molecule has 6 heteroatoms. The largest absolute Gasteiger partial charge is 0.497 e. The highest BCUT2D eigenvalue weighted by atomic mass is 16.5. The fourth-order valence-electron chi connectivity index (χ4n) is 2.91. The van der Waals surface area contributed by atoms with Crippen molar-refractivity contribution in [2.75, 3.05) is 14.2 Å². The third-order valence-corrected chi connectivity index (χ3v) is 4.20. The van der Waals surface area contributed by atoms with Crippen LogP contribution in [-0.4, -0.2) is 28.5 Å². The van der Waals surface area contributed by atoms with Gasteiger partial charge in [0.25, 0.3) is 0 Å². The summed E-state index contributed by atoms with van der Waals surface area (Å²) in [6, 6.07) is 12.7. The van der Waals surface area contributed by atoms with E-state index in [1.807, 2.05) is 24.3 Å². The number of rotatable bonds is 5. The fourth-order valence-corrected chi connectivity index (χ4v) is 2.91. The summed E-state index contributed by atoms with van der Waals surface area (Å²) in [5.41, 5.74) is 2.02. The van der Waals surface area contributed by atoms with Gasteiger partial charge in [-0.3, -0.25) is 9.13 Å². The van der Waals surface area contributed by atoms with E-state index in [4.69, 9.17) is 9.47 Å². The molecule has 1 aromatic heterocycles. The molecule has 0 aliphatic rings. The van der Waals surface area contributed by atoms with E-state index in [1.165, 1.54) is 0 Å². The van der Waals surface area contributed by atoms with Gasteiger partial charge in [-0.15, -0.1) is 0 Å². The highest BCUT2D eigenvalue weighted by Crippen LogP contribution is 2.30. The first-order valence-electron chi connectivity index (χ1n) is 7.61. The minimum absolute atomic E-state index is 0.129. The topological polar surface area (TPSA) is 65.6 Å². The number of methoxy groups -OCH3 is 2. The van der Waals surface area contributed by atoms with Crippen LogP contribution >= 0.6 is 0 Å². The molecule has 1 N–H and O–H groups in total. The number of ether oxygens (including phenoxy) is 2. The van der Waals surface area contributed by atoms with Crippen molar-refractivity contribution in [2.45, 2.75) is 12.6 Å². The Kier molecular flexibility index (Phi) is 4.31. The normalized spacial score (nSPS) is 12.3. The van der Waals surface area contributed by atoms with E-state index >= 15 is 0 Å². The molecule has 1 heterocycles. The minimum Gasteiger partial charge on any atom is -0.497 e. The molecule has 0 bridgehead atoms. The second-order valence-electron chi connectivity index (χ2n) is 5.56. The highest BCUT2D eigenvalue weighted by Gasteiger charge is 2.19. The van der Waals surface area contributed by atoms with Gasteiger partial charge in [-0.2, -0.15) is 0 Å². The summed E-state index contributed by atoms with van der Waals surface area (Å²) in [7, 11) is 4.83. The van der Waals surface area contributed by atoms with E-state index in [9.17, 15) is 9.90 Å². The predicted molar refractivity (Wildman–Crippen MR) is 91.7 cm³/mol. The minimum atomic E-state index is -0.904. The van der Waals surface area contributed by atoms with Gasteiger partial charge in [-0.1, -0.05) is 12.1 Å². The molecular weight excluding hydrogens is 308 g/mol. The maximum atomic E-state index is 12.5. The van der Waals surface area contributed by atoms with Crippen molar-refractivity contribution in [1.29, 1.82) is 0 Å². The van der Waals surface area contributed by atoms with Gasteiger partial charge in [-0.25, -0.2) is 4.79 Å². The summed E-state index contributed by atoms with van der Waals surface area (Å²) in [4.78, 5) is 12.5. The zero-order valence-corrected chi connectivity index (χ0v) is 13.9. The van der Waals surface area contributed by atoms with Gasteiger partial charge >= 0.3 is 5.69 Å². The van der Waals surface area contributed by atoms with Gasteiger partial charge in [0.15, 0.2) is 0 Å². The lowest BCUT2D eigenvalue weighted by molar-refractivity contribution is 0.152. The number of aliphatic hydroxyl groups is 1. The molecule has 1 atom stereocenters. The highest BCUT2D eigenvalue weighted by molar-refractivity contribution is 5.75. The molecule has 24 heavy (non-hydrogen) atoms. The van der Waals surface area contributed by atoms with Crippen molar-refractivity contribution >= 4 is 11.0 Å². The number of para-hydroxylation sites is 2. The lowest BCUT2D eigenvalue weighted by Crippen LogP contribution is -2.25. The molecule has 0 aliphatic heterocycles. The molecule has 126 valence electrons. The number of aliphatic hydroxyl groups excluding tert-OH is 1. The van der Waals surface area contributed by atoms with Crippen LogP contribution in [0, 0.1) is 0 Å². The number of nitrogens with zero attached hydrogens (tertiary/aromatic N) is 2. The molecule has 0 unspecified atom stereocenters. The van der Waals surface area contributed by atoms with Gasteiger partial charge in [0, 0.05) is 12.6 Å². The number of imidazole rings is 1. The number of hydrogen-bond donors (Lipinski definition) is 1. The Morgan fingerprint density at radius 1 is 1.08 bits per heavy atom. The van der Waals surface area contributed by atoms with Gasteiger partial charge in [0.05, 0.1) is 31.8 Å². The molecule has 6 nitrogen and oxygen atoms in total. The van der Waals surface area contributed by atoms with Crippen molar-refractivity contribution in [1.82, 2.24) is 9.13 Å². The quantitative estimate of drug-likeness (QED) is 0.779. The Bertz CT molecular complexity index is 926. The van der Waals surface area contributed by atoms with E-state index in [2.05, 4.69) is 0 Å². The summed E-state index contributed by atoms with van der Waals surface area (Å²) >= 11 is 0. The van der Waals surface area contributed by atoms with Crippen LogP contribution < -0.4 is 15.2 Å². The van der Waals surface area contributed by atoms with E-state index in [1.54, 1.807) is 48.6 Å². The second-order valence-corrected chi connectivity index (χ2v) is 5.56. The SMILES string of the molecule is COc1ccc(OC)c([C@@H](O)Cn2c(=O)n(C)c3ccccc32)c1. The Hall–Kier alpha value is -2.73. The summed E-state index contributed by atoms with van der Waals surface area (Å²) in [6.45, 7) is 0.129. The molecule has 3 rings (SSSR count). The first-order chi connectivity index (χ1) is 11.6. The molecule has 2 aromatic carbocycles. The zero-order chi connectivity index (χ0) is 17.3. The van der Waals surface area contributed by atoms with E-state index in [0.29, 0.717) is 17.1 Å². The van der Waals surface area contributed by atoms with Crippen molar-refractivity contribution in [3.8, 4) is 11.5 Å². The summed E-state index contributed by atoms with van der Waals surface area (Å²) in [5.74, 6) is 1.17. The van der Waals surface area contributed by atoms with E-state index in [0.717, 1.165) is 11.0 Å². The first kappa shape index (κ1) is 16.1. The first-order valence-corrected chi connectivity index (χ1v) is 7.61. The van der Waals surface area contributed by atoms with Crippen molar-refractivity contribution in [3.63, 3.8) is 0 Å². The lowest BCUT2D eigenvalue weighted by Gasteiger charge is -2.16. The Balaban J connectivity index is 2.03.